The third-order valence-corrected chi connectivity index (χ3v) is 2.94. The van der Waals surface area contributed by atoms with Crippen molar-refractivity contribution in [2.45, 2.75) is 6.54 Å². The highest BCUT2D eigenvalue weighted by molar-refractivity contribution is 5.37. The Hall–Kier alpha value is -2.96. The Kier molecular flexibility index (Phi) is 2.79. The van der Waals surface area contributed by atoms with E-state index in [0.717, 1.165) is 0 Å². The lowest BCUT2D eigenvalue weighted by Gasteiger charge is -1.99. The third kappa shape index (κ3) is 2.05. The molecule has 0 spiro atoms. The van der Waals surface area contributed by atoms with E-state index in [4.69, 9.17) is 0 Å². The quantitative estimate of drug-likeness (QED) is 0.532. The molecule has 0 amide bonds. The van der Waals surface area contributed by atoms with Gasteiger partial charge in [-0.05, 0) is 17.7 Å². The lowest BCUT2D eigenvalue weighted by Crippen LogP contribution is -2.21. The number of non-ortho nitro benzene ring substituents is 1. The molecule has 0 radical (unpaired) electrons. The second-order valence-corrected chi connectivity index (χ2v) is 4.30. The summed E-state index contributed by atoms with van der Waals surface area (Å²) in [6.45, 7) is 0.197. The zero-order valence-electron chi connectivity index (χ0n) is 10.3. The van der Waals surface area contributed by atoms with Gasteiger partial charge in [0.05, 0.1) is 11.5 Å². The van der Waals surface area contributed by atoms with Crippen molar-refractivity contribution in [1.82, 2.24) is 14.2 Å². The van der Waals surface area contributed by atoms with Crippen molar-refractivity contribution >= 4 is 11.3 Å². The van der Waals surface area contributed by atoms with Crippen LogP contribution in [0.3, 0.4) is 0 Å². The number of nitrogens with zero attached hydrogens (tertiary/aromatic N) is 4. The normalized spacial score (nSPS) is 10.8. The molecule has 3 aromatic rings. The first-order valence-corrected chi connectivity index (χ1v) is 5.93. The summed E-state index contributed by atoms with van der Waals surface area (Å²) in [4.78, 5) is 22.3. The maximum absolute atomic E-state index is 12.1. The molecule has 0 N–H and O–H groups in total. The van der Waals surface area contributed by atoms with Gasteiger partial charge in [0.15, 0.2) is 5.65 Å². The van der Waals surface area contributed by atoms with E-state index in [1.165, 1.54) is 21.2 Å². The molecule has 100 valence electrons. The molecule has 2 heterocycles. The number of fused-ring (bicyclic) bond motifs is 1. The van der Waals surface area contributed by atoms with Gasteiger partial charge in [-0.1, -0.05) is 18.2 Å². The standard InChI is InChI=1S/C13H10N4O3/c18-13-15-7-2-1-6-12(15)14-16(13)9-10-4-3-5-11(8-10)17(19)20/h1-8H,9H2. The molecule has 0 aliphatic heterocycles. The zero-order chi connectivity index (χ0) is 14.1. The first-order valence-electron chi connectivity index (χ1n) is 5.93. The maximum atomic E-state index is 12.1. The Morgan fingerprint density at radius 3 is 2.80 bits per heavy atom. The van der Waals surface area contributed by atoms with Crippen LogP contribution in [0.4, 0.5) is 5.69 Å². The summed E-state index contributed by atoms with van der Waals surface area (Å²) in [5, 5.41) is 14.9. The van der Waals surface area contributed by atoms with E-state index in [1.54, 1.807) is 36.5 Å². The molecule has 0 saturated carbocycles. The number of hydrogen-bond donors (Lipinski definition) is 0. The second-order valence-electron chi connectivity index (χ2n) is 4.30. The summed E-state index contributed by atoms with van der Waals surface area (Å²) in [5.41, 5.74) is 0.930. The SMILES string of the molecule is O=c1n(Cc2cccc([N+](=O)[O-])c2)nc2ccccn12. The Bertz CT molecular complexity index is 850. The molecule has 3 rings (SSSR count). The number of benzene rings is 1. The molecule has 0 aliphatic carbocycles. The minimum atomic E-state index is -0.462. The number of hydrogen-bond acceptors (Lipinski definition) is 4. The maximum Gasteiger partial charge on any atom is 0.350 e. The monoisotopic (exact) mass is 270 g/mol. The average molecular weight is 270 g/mol. The van der Waals surface area contributed by atoms with Crippen LogP contribution < -0.4 is 5.69 Å². The summed E-state index contributed by atoms with van der Waals surface area (Å²) in [6, 6.07) is 11.4. The van der Waals surface area contributed by atoms with Crippen molar-refractivity contribution in [2.24, 2.45) is 0 Å². The fraction of sp³-hybridized carbons (Fsp3) is 0.0769. The van der Waals surface area contributed by atoms with Crippen LogP contribution in [0.1, 0.15) is 5.56 Å². The lowest BCUT2D eigenvalue weighted by atomic mass is 10.2. The van der Waals surface area contributed by atoms with Gasteiger partial charge in [-0.25, -0.2) is 9.48 Å². The van der Waals surface area contributed by atoms with Crippen molar-refractivity contribution in [1.29, 1.82) is 0 Å². The molecule has 0 bridgehead atoms. The molecular formula is C13H10N4O3. The molecule has 7 nitrogen and oxygen atoms in total. The number of nitro groups is 1. The summed E-state index contributed by atoms with van der Waals surface area (Å²) in [6.07, 6.45) is 1.63. The number of nitro benzene ring substituents is 1. The van der Waals surface area contributed by atoms with Crippen LogP contribution in [-0.2, 0) is 6.54 Å². The van der Waals surface area contributed by atoms with Gasteiger partial charge in [0.2, 0.25) is 0 Å². The number of pyridine rings is 1. The molecule has 0 saturated heterocycles. The van der Waals surface area contributed by atoms with E-state index < -0.39 is 4.92 Å². The fourth-order valence-electron chi connectivity index (χ4n) is 2.01. The minimum Gasteiger partial charge on any atom is -0.258 e. The summed E-state index contributed by atoms with van der Waals surface area (Å²) in [5.74, 6) is 0. The van der Waals surface area contributed by atoms with E-state index in [-0.39, 0.29) is 17.9 Å². The van der Waals surface area contributed by atoms with Gasteiger partial charge in [0, 0.05) is 18.3 Å². The lowest BCUT2D eigenvalue weighted by molar-refractivity contribution is -0.384. The Morgan fingerprint density at radius 2 is 2.05 bits per heavy atom. The van der Waals surface area contributed by atoms with Gasteiger partial charge in [-0.3, -0.25) is 14.5 Å². The first kappa shape index (κ1) is 12.1. The van der Waals surface area contributed by atoms with Crippen molar-refractivity contribution in [3.8, 4) is 0 Å². The summed E-state index contributed by atoms with van der Waals surface area (Å²) >= 11 is 0. The molecule has 7 heteroatoms. The predicted molar refractivity (Wildman–Crippen MR) is 71.7 cm³/mol. The van der Waals surface area contributed by atoms with Crippen molar-refractivity contribution < 1.29 is 4.92 Å². The Morgan fingerprint density at radius 1 is 1.20 bits per heavy atom. The highest BCUT2D eigenvalue weighted by Crippen LogP contribution is 2.13. The summed E-state index contributed by atoms with van der Waals surface area (Å²) < 4.78 is 2.71. The van der Waals surface area contributed by atoms with Gasteiger partial charge >= 0.3 is 5.69 Å². The van der Waals surface area contributed by atoms with E-state index in [9.17, 15) is 14.9 Å². The number of aromatic nitrogens is 3. The molecule has 0 atom stereocenters. The highest BCUT2D eigenvalue weighted by atomic mass is 16.6. The number of rotatable bonds is 3. The van der Waals surface area contributed by atoms with Crippen molar-refractivity contribution in [3.63, 3.8) is 0 Å². The van der Waals surface area contributed by atoms with Crippen LogP contribution in [0.25, 0.3) is 5.65 Å². The minimum absolute atomic E-state index is 0.000636. The fourth-order valence-corrected chi connectivity index (χ4v) is 2.01. The largest absolute Gasteiger partial charge is 0.350 e. The molecule has 0 fully saturated rings. The predicted octanol–water partition coefficient (Wildman–Crippen LogP) is 1.45. The Labute approximate surface area is 112 Å². The van der Waals surface area contributed by atoms with Gasteiger partial charge in [-0.2, -0.15) is 0 Å². The molecule has 0 unspecified atom stereocenters. The van der Waals surface area contributed by atoms with Crippen LogP contribution in [0, 0.1) is 10.1 Å². The molecule has 20 heavy (non-hydrogen) atoms. The Balaban J connectivity index is 2.01. The van der Waals surface area contributed by atoms with Crippen molar-refractivity contribution in [2.75, 3.05) is 0 Å². The van der Waals surface area contributed by atoms with E-state index >= 15 is 0 Å². The van der Waals surface area contributed by atoms with E-state index in [0.29, 0.717) is 11.2 Å². The molecular weight excluding hydrogens is 260 g/mol. The molecule has 1 aromatic carbocycles. The van der Waals surface area contributed by atoms with Gasteiger partial charge in [-0.15, -0.1) is 5.10 Å². The van der Waals surface area contributed by atoms with Crippen LogP contribution in [-0.4, -0.2) is 19.1 Å². The van der Waals surface area contributed by atoms with Gasteiger partial charge in [0.1, 0.15) is 0 Å². The van der Waals surface area contributed by atoms with Crippen LogP contribution in [0.15, 0.2) is 53.5 Å². The van der Waals surface area contributed by atoms with Crippen LogP contribution in [0.5, 0.6) is 0 Å². The molecule has 0 aliphatic rings. The van der Waals surface area contributed by atoms with E-state index in [1.807, 2.05) is 0 Å². The van der Waals surface area contributed by atoms with Gasteiger partial charge in [0.25, 0.3) is 5.69 Å². The van der Waals surface area contributed by atoms with Crippen molar-refractivity contribution in [3.05, 3.63) is 74.8 Å². The van der Waals surface area contributed by atoms with Crippen LogP contribution >= 0.6 is 0 Å². The topological polar surface area (TPSA) is 82.4 Å². The third-order valence-electron chi connectivity index (χ3n) is 2.94. The molecule has 2 aromatic heterocycles. The average Bonchev–Trinajstić information content (AvgIpc) is 2.76. The van der Waals surface area contributed by atoms with Gasteiger partial charge < -0.3 is 0 Å². The highest BCUT2D eigenvalue weighted by Gasteiger charge is 2.09. The second kappa shape index (κ2) is 4.61. The smallest absolute Gasteiger partial charge is 0.258 e. The zero-order valence-corrected chi connectivity index (χ0v) is 10.3. The van der Waals surface area contributed by atoms with E-state index in [2.05, 4.69) is 5.10 Å². The summed E-state index contributed by atoms with van der Waals surface area (Å²) in [7, 11) is 0. The van der Waals surface area contributed by atoms with Crippen LogP contribution in [0.2, 0.25) is 0 Å². The first-order chi connectivity index (χ1) is 9.65.